The van der Waals surface area contributed by atoms with Crippen molar-refractivity contribution >= 4 is 27.7 Å². The lowest BCUT2D eigenvalue weighted by atomic mass is 10.2. The van der Waals surface area contributed by atoms with Gasteiger partial charge in [0.15, 0.2) is 0 Å². The number of hydrogen-bond donors (Lipinski definition) is 1. The average molecular weight is 306 g/mol. The minimum absolute atomic E-state index is 0.501. The van der Waals surface area contributed by atoms with Crippen LogP contribution in [0.25, 0.3) is 0 Å². The van der Waals surface area contributed by atoms with Crippen LogP contribution in [0.4, 0.5) is 10.5 Å². The molecule has 0 fully saturated rings. The Morgan fingerprint density at radius 1 is 1.17 bits per heavy atom. The second-order valence-electron chi connectivity index (χ2n) is 3.84. The van der Waals surface area contributed by atoms with Crippen molar-refractivity contribution in [3.05, 3.63) is 58.6 Å². The summed E-state index contributed by atoms with van der Waals surface area (Å²) in [6, 6.07) is 14.6. The molecule has 1 N–H and O–H groups in total. The minimum Gasteiger partial charge on any atom is -0.410 e. The lowest BCUT2D eigenvalue weighted by Crippen LogP contribution is -2.16. The van der Waals surface area contributed by atoms with Crippen LogP contribution in [-0.2, 0) is 0 Å². The predicted octanol–water partition coefficient (Wildman–Crippen LogP) is 4.37. The number of aryl methyl sites for hydroxylation is 1. The van der Waals surface area contributed by atoms with Crippen molar-refractivity contribution in [1.29, 1.82) is 0 Å². The molecule has 0 heterocycles. The van der Waals surface area contributed by atoms with Crippen LogP contribution >= 0.6 is 15.9 Å². The lowest BCUT2D eigenvalue weighted by molar-refractivity contribution is 0.215. The van der Waals surface area contributed by atoms with E-state index in [-0.39, 0.29) is 0 Å². The van der Waals surface area contributed by atoms with E-state index in [0.29, 0.717) is 11.4 Å². The normalized spacial score (nSPS) is 9.89. The topological polar surface area (TPSA) is 38.3 Å². The van der Waals surface area contributed by atoms with E-state index in [2.05, 4.69) is 21.2 Å². The Bertz CT molecular complexity index is 535. The molecule has 1 amide bonds. The predicted molar refractivity (Wildman–Crippen MR) is 75.0 cm³/mol. The van der Waals surface area contributed by atoms with E-state index in [1.807, 2.05) is 43.3 Å². The van der Waals surface area contributed by atoms with Gasteiger partial charge >= 0.3 is 6.09 Å². The summed E-state index contributed by atoms with van der Waals surface area (Å²) in [7, 11) is 0. The van der Waals surface area contributed by atoms with Crippen molar-refractivity contribution in [2.45, 2.75) is 6.92 Å². The molecule has 4 heteroatoms. The number of benzene rings is 2. The van der Waals surface area contributed by atoms with E-state index in [0.717, 1.165) is 10.0 Å². The van der Waals surface area contributed by atoms with Crippen LogP contribution < -0.4 is 10.1 Å². The molecule has 0 saturated heterocycles. The molecule has 18 heavy (non-hydrogen) atoms. The third-order valence-corrected chi connectivity index (χ3v) is 2.70. The molecule has 0 atom stereocenters. The van der Waals surface area contributed by atoms with Crippen molar-refractivity contribution in [2.75, 3.05) is 5.32 Å². The maximum Gasteiger partial charge on any atom is 0.417 e. The summed E-state index contributed by atoms with van der Waals surface area (Å²) in [6.45, 7) is 1.96. The average Bonchev–Trinajstić information content (AvgIpc) is 2.28. The summed E-state index contributed by atoms with van der Waals surface area (Å²) in [6.07, 6.45) is -0.501. The van der Waals surface area contributed by atoms with Crippen LogP contribution in [0.1, 0.15) is 5.56 Å². The highest BCUT2D eigenvalue weighted by Crippen LogP contribution is 2.19. The summed E-state index contributed by atoms with van der Waals surface area (Å²) in [5, 5.41) is 2.68. The first-order valence-corrected chi connectivity index (χ1v) is 6.24. The first kappa shape index (κ1) is 12.6. The fourth-order valence-electron chi connectivity index (χ4n) is 1.55. The maximum atomic E-state index is 11.7. The Morgan fingerprint density at radius 3 is 2.56 bits per heavy atom. The Morgan fingerprint density at radius 2 is 1.89 bits per heavy atom. The van der Waals surface area contributed by atoms with Gasteiger partial charge in [0.05, 0.1) is 0 Å². The summed E-state index contributed by atoms with van der Waals surface area (Å²) in [5.74, 6) is 0.515. The SMILES string of the molecule is Cc1cc(Br)cc(NC(=O)Oc2ccccc2)c1. The lowest BCUT2D eigenvalue weighted by Gasteiger charge is -2.07. The Labute approximate surface area is 114 Å². The summed E-state index contributed by atoms with van der Waals surface area (Å²) in [5.41, 5.74) is 1.75. The molecular formula is C14H12BrNO2. The van der Waals surface area contributed by atoms with Crippen LogP contribution in [0.15, 0.2) is 53.0 Å². The standard InChI is InChI=1S/C14H12BrNO2/c1-10-7-11(15)9-12(8-10)16-14(17)18-13-5-3-2-4-6-13/h2-9H,1H3,(H,16,17). The molecule has 2 aromatic rings. The molecule has 0 spiro atoms. The van der Waals surface area contributed by atoms with Gasteiger partial charge in [-0.2, -0.15) is 0 Å². The first-order valence-electron chi connectivity index (χ1n) is 5.44. The van der Waals surface area contributed by atoms with Crippen LogP contribution in [0, 0.1) is 6.92 Å². The largest absolute Gasteiger partial charge is 0.417 e. The van der Waals surface area contributed by atoms with E-state index in [1.165, 1.54) is 0 Å². The summed E-state index contributed by atoms with van der Waals surface area (Å²) < 4.78 is 6.05. The number of anilines is 1. The number of ether oxygens (including phenoxy) is 1. The summed E-state index contributed by atoms with van der Waals surface area (Å²) in [4.78, 5) is 11.7. The zero-order valence-corrected chi connectivity index (χ0v) is 11.4. The van der Waals surface area contributed by atoms with Crippen LogP contribution in [0.3, 0.4) is 0 Å². The third kappa shape index (κ3) is 3.60. The van der Waals surface area contributed by atoms with E-state index in [1.54, 1.807) is 12.1 Å². The number of nitrogens with one attached hydrogen (secondary N) is 1. The van der Waals surface area contributed by atoms with E-state index < -0.39 is 6.09 Å². The highest BCUT2D eigenvalue weighted by Gasteiger charge is 2.05. The van der Waals surface area contributed by atoms with Gasteiger partial charge in [0, 0.05) is 10.2 Å². The highest BCUT2D eigenvalue weighted by atomic mass is 79.9. The van der Waals surface area contributed by atoms with Gasteiger partial charge < -0.3 is 4.74 Å². The third-order valence-electron chi connectivity index (χ3n) is 2.24. The fraction of sp³-hybridized carbons (Fsp3) is 0.0714. The second kappa shape index (κ2) is 5.69. The molecule has 0 unspecified atom stereocenters. The molecule has 0 saturated carbocycles. The number of halogens is 1. The first-order chi connectivity index (χ1) is 8.63. The number of para-hydroxylation sites is 1. The van der Waals surface area contributed by atoms with E-state index in [9.17, 15) is 4.79 Å². The number of carbonyl (C=O) groups is 1. The van der Waals surface area contributed by atoms with Gasteiger partial charge in [-0.15, -0.1) is 0 Å². The monoisotopic (exact) mass is 305 g/mol. The van der Waals surface area contributed by atoms with Crippen LogP contribution in [0.5, 0.6) is 5.75 Å². The number of hydrogen-bond acceptors (Lipinski definition) is 2. The van der Waals surface area contributed by atoms with Gasteiger partial charge in [-0.3, -0.25) is 5.32 Å². The minimum atomic E-state index is -0.501. The highest BCUT2D eigenvalue weighted by molar-refractivity contribution is 9.10. The maximum absolute atomic E-state index is 11.7. The summed E-state index contributed by atoms with van der Waals surface area (Å²) >= 11 is 3.38. The van der Waals surface area contributed by atoms with Gasteiger partial charge in [0.1, 0.15) is 5.75 Å². The second-order valence-corrected chi connectivity index (χ2v) is 4.76. The molecule has 0 bridgehead atoms. The molecular weight excluding hydrogens is 294 g/mol. The molecule has 0 aliphatic heterocycles. The van der Waals surface area contributed by atoms with E-state index >= 15 is 0 Å². The van der Waals surface area contributed by atoms with E-state index in [4.69, 9.17) is 4.74 Å². The number of carbonyl (C=O) groups excluding carboxylic acids is 1. The van der Waals surface area contributed by atoms with Gasteiger partial charge in [-0.25, -0.2) is 4.79 Å². The Balaban J connectivity index is 2.03. The van der Waals surface area contributed by atoms with Gasteiger partial charge in [-0.05, 0) is 42.8 Å². The number of rotatable bonds is 2. The van der Waals surface area contributed by atoms with Crippen LogP contribution in [-0.4, -0.2) is 6.09 Å². The molecule has 2 aromatic carbocycles. The molecule has 0 aromatic heterocycles. The molecule has 3 nitrogen and oxygen atoms in total. The van der Waals surface area contributed by atoms with Gasteiger partial charge in [0.2, 0.25) is 0 Å². The molecule has 0 radical (unpaired) electrons. The Kier molecular flexibility index (Phi) is 3.99. The van der Waals surface area contributed by atoms with Crippen molar-refractivity contribution in [3.8, 4) is 5.75 Å². The number of amides is 1. The zero-order valence-electron chi connectivity index (χ0n) is 9.81. The molecule has 92 valence electrons. The van der Waals surface area contributed by atoms with Gasteiger partial charge in [0.25, 0.3) is 0 Å². The zero-order chi connectivity index (χ0) is 13.0. The fourth-order valence-corrected chi connectivity index (χ4v) is 2.16. The van der Waals surface area contributed by atoms with Gasteiger partial charge in [-0.1, -0.05) is 34.1 Å². The van der Waals surface area contributed by atoms with Crippen LogP contribution in [0.2, 0.25) is 0 Å². The van der Waals surface area contributed by atoms with Crippen molar-refractivity contribution in [3.63, 3.8) is 0 Å². The molecule has 2 rings (SSSR count). The smallest absolute Gasteiger partial charge is 0.410 e. The van der Waals surface area contributed by atoms with Crippen molar-refractivity contribution in [1.82, 2.24) is 0 Å². The quantitative estimate of drug-likeness (QED) is 0.895. The molecule has 0 aliphatic rings. The van der Waals surface area contributed by atoms with Crippen molar-refractivity contribution in [2.24, 2.45) is 0 Å². The Hall–Kier alpha value is -1.81. The molecule has 0 aliphatic carbocycles. The van der Waals surface area contributed by atoms with Crippen molar-refractivity contribution < 1.29 is 9.53 Å².